The van der Waals surface area contributed by atoms with Crippen molar-refractivity contribution in [2.75, 3.05) is 11.9 Å². The lowest BCUT2D eigenvalue weighted by atomic mass is 10.1. The normalized spacial score (nSPS) is 11.9. The summed E-state index contributed by atoms with van der Waals surface area (Å²) in [5, 5.41) is 21.7. The van der Waals surface area contributed by atoms with Crippen molar-refractivity contribution >= 4 is 11.7 Å². The number of aryl methyl sites for hydroxylation is 1. The van der Waals surface area contributed by atoms with E-state index in [2.05, 4.69) is 20.8 Å². The van der Waals surface area contributed by atoms with E-state index >= 15 is 0 Å². The maximum atomic E-state index is 11.7. The summed E-state index contributed by atoms with van der Waals surface area (Å²) in [6, 6.07) is 4.76. The van der Waals surface area contributed by atoms with Crippen LogP contribution in [0.3, 0.4) is 0 Å². The Balaban J connectivity index is 2.15. The minimum absolute atomic E-state index is 0.117. The van der Waals surface area contributed by atoms with E-state index < -0.39 is 0 Å². The Morgan fingerprint density at radius 2 is 2.30 bits per heavy atom. The summed E-state index contributed by atoms with van der Waals surface area (Å²) in [5.74, 6) is 0.386. The zero-order chi connectivity index (χ0) is 14.5. The fraction of sp³-hybridized carbons (Fsp3) is 0.308. The van der Waals surface area contributed by atoms with Crippen molar-refractivity contribution in [1.82, 2.24) is 15.5 Å². The zero-order valence-corrected chi connectivity index (χ0v) is 11.3. The molecule has 0 spiro atoms. The number of amides is 2. The van der Waals surface area contributed by atoms with E-state index in [-0.39, 0.29) is 18.7 Å². The van der Waals surface area contributed by atoms with E-state index in [1.54, 1.807) is 13.0 Å². The Morgan fingerprint density at radius 1 is 1.50 bits per heavy atom. The molecule has 1 aromatic carbocycles. The SMILES string of the molecule is Cc1ccc(-c2nnco2)cc1NC(=O)NC(C)CO. The minimum atomic E-state index is -0.377. The molecule has 0 aliphatic heterocycles. The van der Waals surface area contributed by atoms with Crippen molar-refractivity contribution in [3.8, 4) is 11.5 Å². The highest BCUT2D eigenvalue weighted by atomic mass is 16.4. The number of nitrogens with one attached hydrogen (secondary N) is 2. The van der Waals surface area contributed by atoms with Crippen LogP contribution >= 0.6 is 0 Å². The Kier molecular flexibility index (Phi) is 4.31. The second kappa shape index (κ2) is 6.16. The Labute approximate surface area is 116 Å². The summed E-state index contributed by atoms with van der Waals surface area (Å²) in [6.45, 7) is 3.47. The molecule has 0 radical (unpaired) electrons. The van der Waals surface area contributed by atoms with Crippen LogP contribution in [0.15, 0.2) is 29.0 Å². The van der Waals surface area contributed by atoms with E-state index in [4.69, 9.17) is 9.52 Å². The number of nitrogens with zero attached hydrogens (tertiary/aromatic N) is 2. The smallest absolute Gasteiger partial charge is 0.319 e. The fourth-order valence-corrected chi connectivity index (χ4v) is 1.62. The van der Waals surface area contributed by atoms with Crippen LogP contribution in [-0.2, 0) is 0 Å². The Bertz CT molecular complexity index is 583. The van der Waals surface area contributed by atoms with Crippen LogP contribution in [-0.4, -0.2) is 34.0 Å². The van der Waals surface area contributed by atoms with Gasteiger partial charge in [-0.1, -0.05) is 6.07 Å². The van der Waals surface area contributed by atoms with Crippen LogP contribution in [0.4, 0.5) is 10.5 Å². The fourth-order valence-electron chi connectivity index (χ4n) is 1.62. The first-order valence-electron chi connectivity index (χ1n) is 6.15. The number of anilines is 1. The molecule has 0 saturated heterocycles. The topological polar surface area (TPSA) is 100 Å². The summed E-state index contributed by atoms with van der Waals surface area (Å²) in [6.07, 6.45) is 1.25. The van der Waals surface area contributed by atoms with Crippen molar-refractivity contribution in [2.24, 2.45) is 0 Å². The second-order valence-electron chi connectivity index (χ2n) is 4.46. The molecule has 0 fully saturated rings. The van der Waals surface area contributed by atoms with Crippen molar-refractivity contribution in [2.45, 2.75) is 19.9 Å². The van der Waals surface area contributed by atoms with Gasteiger partial charge in [0.25, 0.3) is 0 Å². The molecular weight excluding hydrogens is 260 g/mol. The molecule has 3 N–H and O–H groups in total. The van der Waals surface area contributed by atoms with E-state index in [9.17, 15) is 4.79 Å². The summed E-state index contributed by atoms with van der Waals surface area (Å²) >= 11 is 0. The van der Waals surface area contributed by atoms with Crippen molar-refractivity contribution in [3.05, 3.63) is 30.2 Å². The molecule has 20 heavy (non-hydrogen) atoms. The number of aliphatic hydroxyl groups is 1. The van der Waals surface area contributed by atoms with E-state index in [0.29, 0.717) is 11.6 Å². The molecular formula is C13H16N4O3. The molecule has 7 nitrogen and oxygen atoms in total. The predicted molar refractivity (Wildman–Crippen MR) is 73.2 cm³/mol. The standard InChI is InChI=1S/C13H16N4O3/c1-8-3-4-10(12-17-14-7-20-12)5-11(8)16-13(19)15-9(2)6-18/h3-5,7,9,18H,6H2,1-2H3,(H2,15,16,19). The molecule has 0 aliphatic rings. The van der Waals surface area contributed by atoms with E-state index in [1.165, 1.54) is 6.39 Å². The molecule has 7 heteroatoms. The molecule has 2 amide bonds. The maximum absolute atomic E-state index is 11.7. The van der Waals surface area contributed by atoms with Gasteiger partial charge in [0.2, 0.25) is 12.3 Å². The molecule has 1 atom stereocenters. The summed E-state index contributed by atoms with van der Waals surface area (Å²) in [5.41, 5.74) is 2.27. The summed E-state index contributed by atoms with van der Waals surface area (Å²) in [7, 11) is 0. The minimum Gasteiger partial charge on any atom is -0.423 e. The zero-order valence-electron chi connectivity index (χ0n) is 11.3. The Hall–Kier alpha value is -2.41. The number of carbonyl (C=O) groups excluding carboxylic acids is 1. The van der Waals surface area contributed by atoms with Crippen molar-refractivity contribution in [1.29, 1.82) is 0 Å². The largest absolute Gasteiger partial charge is 0.423 e. The van der Waals surface area contributed by atoms with Crippen LogP contribution in [0, 0.1) is 6.92 Å². The third-order valence-corrected chi connectivity index (χ3v) is 2.74. The molecule has 2 rings (SSSR count). The van der Waals surface area contributed by atoms with Crippen LogP contribution in [0.5, 0.6) is 0 Å². The van der Waals surface area contributed by atoms with Crippen molar-refractivity contribution in [3.63, 3.8) is 0 Å². The van der Waals surface area contributed by atoms with Gasteiger partial charge in [-0.25, -0.2) is 4.79 Å². The first-order chi connectivity index (χ1) is 9.60. The van der Waals surface area contributed by atoms with Crippen LogP contribution in [0.1, 0.15) is 12.5 Å². The quantitative estimate of drug-likeness (QED) is 0.786. The lowest BCUT2D eigenvalue weighted by Gasteiger charge is -2.13. The third kappa shape index (κ3) is 3.33. The lowest BCUT2D eigenvalue weighted by molar-refractivity contribution is 0.229. The number of benzene rings is 1. The van der Waals surface area contributed by atoms with Gasteiger partial charge in [0, 0.05) is 11.3 Å². The number of urea groups is 1. The highest BCUT2D eigenvalue weighted by Gasteiger charge is 2.10. The van der Waals surface area contributed by atoms with Gasteiger partial charge >= 0.3 is 6.03 Å². The summed E-state index contributed by atoms with van der Waals surface area (Å²) in [4.78, 5) is 11.7. The molecule has 0 saturated carbocycles. The van der Waals surface area contributed by atoms with Gasteiger partial charge in [-0.2, -0.15) is 0 Å². The average Bonchev–Trinajstić information content (AvgIpc) is 2.95. The van der Waals surface area contributed by atoms with E-state index in [1.807, 2.05) is 19.1 Å². The molecule has 0 aliphatic carbocycles. The number of aromatic nitrogens is 2. The van der Waals surface area contributed by atoms with Gasteiger partial charge in [-0.15, -0.1) is 10.2 Å². The molecule has 0 bridgehead atoms. The number of aliphatic hydroxyl groups excluding tert-OH is 1. The summed E-state index contributed by atoms with van der Waals surface area (Å²) < 4.78 is 5.12. The molecule has 1 aromatic heterocycles. The number of hydrogen-bond acceptors (Lipinski definition) is 5. The second-order valence-corrected chi connectivity index (χ2v) is 4.46. The highest BCUT2D eigenvalue weighted by Crippen LogP contribution is 2.23. The monoisotopic (exact) mass is 276 g/mol. The average molecular weight is 276 g/mol. The lowest BCUT2D eigenvalue weighted by Crippen LogP contribution is -2.38. The predicted octanol–water partition coefficient (Wildman–Crippen LogP) is 1.55. The number of hydrogen-bond donors (Lipinski definition) is 3. The first-order valence-corrected chi connectivity index (χ1v) is 6.15. The van der Waals surface area contributed by atoms with Crippen LogP contribution in [0.25, 0.3) is 11.5 Å². The van der Waals surface area contributed by atoms with Gasteiger partial charge in [0.1, 0.15) is 0 Å². The van der Waals surface area contributed by atoms with Crippen molar-refractivity contribution < 1.29 is 14.3 Å². The van der Waals surface area contributed by atoms with Gasteiger partial charge in [0.15, 0.2) is 0 Å². The van der Waals surface area contributed by atoms with Gasteiger partial charge in [-0.05, 0) is 31.5 Å². The van der Waals surface area contributed by atoms with Gasteiger partial charge < -0.3 is 20.2 Å². The first kappa shape index (κ1) is 14.0. The van der Waals surface area contributed by atoms with E-state index in [0.717, 1.165) is 11.1 Å². The van der Waals surface area contributed by atoms with Gasteiger partial charge in [-0.3, -0.25) is 0 Å². The van der Waals surface area contributed by atoms with Crippen LogP contribution in [0.2, 0.25) is 0 Å². The van der Waals surface area contributed by atoms with Crippen LogP contribution < -0.4 is 10.6 Å². The number of rotatable bonds is 4. The maximum Gasteiger partial charge on any atom is 0.319 e. The Morgan fingerprint density at radius 3 is 2.95 bits per heavy atom. The third-order valence-electron chi connectivity index (χ3n) is 2.74. The van der Waals surface area contributed by atoms with Gasteiger partial charge in [0.05, 0.1) is 12.6 Å². The molecule has 2 aromatic rings. The molecule has 106 valence electrons. The number of carbonyl (C=O) groups is 1. The molecule has 1 unspecified atom stereocenters. The highest BCUT2D eigenvalue weighted by molar-refractivity contribution is 5.91. The molecule has 1 heterocycles.